The highest BCUT2D eigenvalue weighted by molar-refractivity contribution is 9.10. The molecule has 1 saturated heterocycles. The highest BCUT2D eigenvalue weighted by Crippen LogP contribution is 2.39. The normalized spacial score (nSPS) is 21.9. The van der Waals surface area contributed by atoms with Crippen molar-refractivity contribution in [2.24, 2.45) is 11.3 Å². The first-order chi connectivity index (χ1) is 9.78. The average Bonchev–Trinajstić information content (AvgIpc) is 2.87. The number of likely N-dealkylation sites (tertiary alicyclic amines) is 1. The fourth-order valence-electron chi connectivity index (χ4n) is 2.73. The number of rotatable bonds is 3. The maximum atomic E-state index is 13.3. The van der Waals surface area contributed by atoms with Crippen LogP contribution in [0.5, 0.6) is 0 Å². The number of benzene rings is 1. The summed E-state index contributed by atoms with van der Waals surface area (Å²) >= 11 is 3.23. The van der Waals surface area contributed by atoms with Crippen LogP contribution in [-0.2, 0) is 4.79 Å². The summed E-state index contributed by atoms with van der Waals surface area (Å²) in [5.74, 6) is -1.80. The molecule has 1 unspecified atom stereocenters. The number of carboxylic acid groups (broad SMARTS) is 1. The predicted octanol–water partition coefficient (Wildman–Crippen LogP) is 3.16. The third-order valence-electron chi connectivity index (χ3n) is 4.28. The maximum absolute atomic E-state index is 13.3. The molecule has 1 aromatic rings. The Balaban J connectivity index is 2.27. The number of halogens is 2. The molecule has 1 aromatic carbocycles. The highest BCUT2D eigenvalue weighted by Gasteiger charge is 2.48. The van der Waals surface area contributed by atoms with Crippen LogP contribution in [0.3, 0.4) is 0 Å². The standard InChI is InChI=1S/C15H17BrFNO3/c1-9(2)15(14(20)21)5-6-18(8-15)13(19)11-7-10(17)3-4-12(11)16/h3-4,7,9H,5-6,8H2,1-2H3,(H,20,21). The minimum atomic E-state index is -0.921. The first kappa shape index (κ1) is 15.9. The molecule has 0 bridgehead atoms. The van der Waals surface area contributed by atoms with Crippen LogP contribution in [0, 0.1) is 17.2 Å². The molecule has 0 aromatic heterocycles. The number of nitrogens with zero attached hydrogens (tertiary/aromatic N) is 1. The number of carbonyl (C=O) groups excluding carboxylic acids is 1. The molecule has 0 spiro atoms. The van der Waals surface area contributed by atoms with Gasteiger partial charge in [-0.1, -0.05) is 13.8 Å². The van der Waals surface area contributed by atoms with E-state index in [0.717, 1.165) is 0 Å². The quantitative estimate of drug-likeness (QED) is 0.903. The van der Waals surface area contributed by atoms with Gasteiger partial charge in [0.15, 0.2) is 0 Å². The van der Waals surface area contributed by atoms with Crippen molar-refractivity contribution in [1.29, 1.82) is 0 Å². The Morgan fingerprint density at radius 3 is 2.62 bits per heavy atom. The maximum Gasteiger partial charge on any atom is 0.311 e. The van der Waals surface area contributed by atoms with Gasteiger partial charge in [0.1, 0.15) is 5.82 Å². The molecule has 0 aliphatic carbocycles. The molecule has 1 N–H and O–H groups in total. The third kappa shape index (κ3) is 2.81. The highest BCUT2D eigenvalue weighted by atomic mass is 79.9. The van der Waals surface area contributed by atoms with Crippen LogP contribution < -0.4 is 0 Å². The number of aliphatic carboxylic acids is 1. The van der Waals surface area contributed by atoms with Crippen molar-refractivity contribution in [3.63, 3.8) is 0 Å². The van der Waals surface area contributed by atoms with Gasteiger partial charge in [-0.15, -0.1) is 0 Å². The topological polar surface area (TPSA) is 57.6 Å². The van der Waals surface area contributed by atoms with Gasteiger partial charge in [-0.3, -0.25) is 9.59 Å². The summed E-state index contributed by atoms with van der Waals surface area (Å²) in [6.45, 7) is 4.22. The van der Waals surface area contributed by atoms with E-state index in [0.29, 0.717) is 17.4 Å². The molecule has 1 fully saturated rings. The first-order valence-corrected chi connectivity index (χ1v) is 7.55. The minimum Gasteiger partial charge on any atom is -0.481 e. The van der Waals surface area contributed by atoms with E-state index in [1.165, 1.54) is 23.1 Å². The SMILES string of the molecule is CC(C)C1(C(=O)O)CCN(C(=O)c2cc(F)ccc2Br)C1. The third-order valence-corrected chi connectivity index (χ3v) is 4.97. The van der Waals surface area contributed by atoms with Gasteiger partial charge in [0.05, 0.1) is 11.0 Å². The van der Waals surface area contributed by atoms with Gasteiger partial charge in [-0.2, -0.15) is 0 Å². The second-order valence-electron chi connectivity index (χ2n) is 5.72. The van der Waals surface area contributed by atoms with Crippen LogP contribution in [0.15, 0.2) is 22.7 Å². The summed E-state index contributed by atoms with van der Waals surface area (Å²) in [5.41, 5.74) is -0.699. The van der Waals surface area contributed by atoms with Crippen LogP contribution in [0.2, 0.25) is 0 Å². The Hall–Kier alpha value is -1.43. The van der Waals surface area contributed by atoms with Crippen LogP contribution in [0.1, 0.15) is 30.6 Å². The van der Waals surface area contributed by atoms with Gasteiger partial charge in [-0.25, -0.2) is 4.39 Å². The van der Waals surface area contributed by atoms with E-state index in [2.05, 4.69) is 15.9 Å². The molecular weight excluding hydrogens is 341 g/mol. The van der Waals surface area contributed by atoms with Gasteiger partial charge in [-0.05, 0) is 46.5 Å². The van der Waals surface area contributed by atoms with Gasteiger partial charge in [0.25, 0.3) is 5.91 Å². The number of amides is 1. The zero-order valence-corrected chi connectivity index (χ0v) is 13.5. The molecule has 21 heavy (non-hydrogen) atoms. The van der Waals surface area contributed by atoms with Crippen molar-refractivity contribution < 1.29 is 19.1 Å². The molecule has 1 atom stereocenters. The lowest BCUT2D eigenvalue weighted by molar-refractivity contribution is -0.150. The lowest BCUT2D eigenvalue weighted by atomic mass is 9.76. The number of hydrogen-bond acceptors (Lipinski definition) is 2. The number of carbonyl (C=O) groups is 2. The molecule has 1 amide bonds. The lowest BCUT2D eigenvalue weighted by Gasteiger charge is -2.28. The average molecular weight is 358 g/mol. The molecule has 0 radical (unpaired) electrons. The molecule has 114 valence electrons. The van der Waals surface area contributed by atoms with Crippen LogP contribution in [0.25, 0.3) is 0 Å². The Morgan fingerprint density at radius 1 is 1.43 bits per heavy atom. The Morgan fingerprint density at radius 2 is 2.10 bits per heavy atom. The second kappa shape index (κ2) is 5.75. The summed E-state index contributed by atoms with van der Waals surface area (Å²) in [6, 6.07) is 3.91. The van der Waals surface area contributed by atoms with Gasteiger partial charge < -0.3 is 10.0 Å². The fourth-order valence-corrected chi connectivity index (χ4v) is 3.15. The summed E-state index contributed by atoms with van der Waals surface area (Å²) < 4.78 is 13.8. The van der Waals surface area contributed by atoms with E-state index in [9.17, 15) is 19.1 Å². The first-order valence-electron chi connectivity index (χ1n) is 6.75. The molecule has 0 saturated carbocycles. The molecule has 1 aliphatic rings. The van der Waals surface area contributed by atoms with Crippen molar-refractivity contribution in [3.05, 3.63) is 34.1 Å². The van der Waals surface area contributed by atoms with Gasteiger partial charge >= 0.3 is 5.97 Å². The van der Waals surface area contributed by atoms with Gasteiger partial charge in [0.2, 0.25) is 0 Å². The molecular formula is C15H17BrFNO3. The Labute approximate surface area is 131 Å². The number of carboxylic acids is 1. The van der Waals surface area contributed by atoms with E-state index in [1.54, 1.807) is 0 Å². The lowest BCUT2D eigenvalue weighted by Crippen LogP contribution is -2.40. The number of hydrogen-bond donors (Lipinski definition) is 1. The molecule has 6 heteroatoms. The van der Waals surface area contributed by atoms with E-state index in [1.807, 2.05) is 13.8 Å². The molecule has 4 nitrogen and oxygen atoms in total. The predicted molar refractivity (Wildman–Crippen MR) is 79.5 cm³/mol. The van der Waals surface area contributed by atoms with Crippen molar-refractivity contribution >= 4 is 27.8 Å². The Bertz CT molecular complexity index is 590. The van der Waals surface area contributed by atoms with Crippen molar-refractivity contribution in [1.82, 2.24) is 4.90 Å². The molecule has 1 aliphatic heterocycles. The van der Waals surface area contributed by atoms with E-state index >= 15 is 0 Å². The zero-order valence-electron chi connectivity index (χ0n) is 11.9. The molecule has 1 heterocycles. The van der Waals surface area contributed by atoms with Crippen molar-refractivity contribution in [3.8, 4) is 0 Å². The summed E-state index contributed by atoms with van der Waals surface area (Å²) in [7, 11) is 0. The summed E-state index contributed by atoms with van der Waals surface area (Å²) in [5, 5.41) is 9.50. The summed E-state index contributed by atoms with van der Waals surface area (Å²) in [4.78, 5) is 25.6. The van der Waals surface area contributed by atoms with E-state index in [4.69, 9.17) is 0 Å². The molecule has 2 rings (SSSR count). The zero-order chi connectivity index (χ0) is 15.8. The largest absolute Gasteiger partial charge is 0.481 e. The van der Waals surface area contributed by atoms with Crippen LogP contribution >= 0.6 is 15.9 Å². The Kier molecular flexibility index (Phi) is 4.37. The smallest absolute Gasteiger partial charge is 0.311 e. The van der Waals surface area contributed by atoms with E-state index < -0.39 is 17.2 Å². The van der Waals surface area contributed by atoms with Crippen LogP contribution in [0.4, 0.5) is 4.39 Å². The monoisotopic (exact) mass is 357 g/mol. The second-order valence-corrected chi connectivity index (χ2v) is 6.57. The van der Waals surface area contributed by atoms with E-state index in [-0.39, 0.29) is 23.9 Å². The fraction of sp³-hybridized carbons (Fsp3) is 0.467. The minimum absolute atomic E-state index is 0.0799. The van der Waals surface area contributed by atoms with Gasteiger partial charge in [0, 0.05) is 17.6 Å². The van der Waals surface area contributed by atoms with Crippen molar-refractivity contribution in [2.45, 2.75) is 20.3 Å². The van der Waals surface area contributed by atoms with Crippen LogP contribution in [-0.4, -0.2) is 35.0 Å². The van der Waals surface area contributed by atoms with Crippen molar-refractivity contribution in [2.75, 3.05) is 13.1 Å². The summed E-state index contributed by atoms with van der Waals surface area (Å²) in [6.07, 6.45) is 0.415.